The summed E-state index contributed by atoms with van der Waals surface area (Å²) in [5.74, 6) is 0.319. The van der Waals surface area contributed by atoms with Crippen molar-refractivity contribution in [1.29, 1.82) is 0 Å². The summed E-state index contributed by atoms with van der Waals surface area (Å²) in [6, 6.07) is 10.3. The monoisotopic (exact) mass is 451 g/mol. The molecular formula is C24H19ClFN3O3. The van der Waals surface area contributed by atoms with Crippen molar-refractivity contribution in [2.75, 3.05) is 5.32 Å². The molecule has 32 heavy (non-hydrogen) atoms. The van der Waals surface area contributed by atoms with Crippen LogP contribution in [0, 0.1) is 5.92 Å². The fourth-order valence-electron chi connectivity index (χ4n) is 3.96. The zero-order chi connectivity index (χ0) is 22.2. The number of anilines is 1. The number of nitrogens with one attached hydrogen (secondary N) is 1. The van der Waals surface area contributed by atoms with Crippen LogP contribution in [0.1, 0.15) is 40.1 Å². The van der Waals surface area contributed by atoms with E-state index in [0.29, 0.717) is 41.4 Å². The second kappa shape index (κ2) is 8.31. The standard InChI is InChI=1S/C24H19ClFN3O3/c25-19-4-3-17(28-24(31)22-2-1-5-32-22)11-18(19)20-10-15-6-13(12-27-23(15)29-20)7-21(30)14-8-16(26)9-14/h1-6,11-12,14,16H,7-10H2,(H,28,31). The van der Waals surface area contributed by atoms with Crippen LogP contribution in [0.4, 0.5) is 15.9 Å². The number of nitrogens with zero attached hydrogens (tertiary/aromatic N) is 2. The van der Waals surface area contributed by atoms with Crippen LogP contribution < -0.4 is 5.32 Å². The maximum Gasteiger partial charge on any atom is 0.291 e. The molecule has 0 atom stereocenters. The number of hydrogen-bond acceptors (Lipinski definition) is 5. The Kier molecular flexibility index (Phi) is 5.35. The van der Waals surface area contributed by atoms with Gasteiger partial charge in [0.25, 0.3) is 5.91 Å². The molecule has 6 nitrogen and oxygen atoms in total. The van der Waals surface area contributed by atoms with Gasteiger partial charge in [0.2, 0.25) is 0 Å². The molecule has 1 aromatic carbocycles. The number of hydrogen-bond donors (Lipinski definition) is 1. The Labute approximate surface area is 188 Å². The minimum Gasteiger partial charge on any atom is -0.459 e. The summed E-state index contributed by atoms with van der Waals surface area (Å²) < 4.78 is 18.2. The van der Waals surface area contributed by atoms with Gasteiger partial charge in [-0.05, 0) is 54.8 Å². The van der Waals surface area contributed by atoms with Crippen LogP contribution in [0.25, 0.3) is 0 Å². The van der Waals surface area contributed by atoms with Gasteiger partial charge in [0.1, 0.15) is 12.0 Å². The van der Waals surface area contributed by atoms with E-state index < -0.39 is 6.17 Å². The molecule has 3 heterocycles. The number of alkyl halides is 1. The van der Waals surface area contributed by atoms with Gasteiger partial charge < -0.3 is 9.73 Å². The number of carbonyl (C=O) groups excluding carboxylic acids is 2. The van der Waals surface area contributed by atoms with E-state index in [9.17, 15) is 14.0 Å². The molecule has 0 radical (unpaired) electrons. The van der Waals surface area contributed by atoms with Crippen LogP contribution >= 0.6 is 11.6 Å². The minimum absolute atomic E-state index is 0.0582. The molecule has 0 saturated heterocycles. The Morgan fingerprint density at radius 1 is 1.22 bits per heavy atom. The molecule has 1 aliphatic carbocycles. The minimum atomic E-state index is -0.845. The van der Waals surface area contributed by atoms with Gasteiger partial charge in [-0.2, -0.15) is 0 Å². The fourth-order valence-corrected chi connectivity index (χ4v) is 4.19. The third-order valence-corrected chi connectivity index (χ3v) is 6.12. The Balaban J connectivity index is 1.31. The van der Waals surface area contributed by atoms with E-state index in [1.54, 1.807) is 36.5 Å². The van der Waals surface area contributed by atoms with Crippen molar-refractivity contribution in [1.82, 2.24) is 4.98 Å². The fraction of sp³-hybridized carbons (Fsp3) is 0.250. The Morgan fingerprint density at radius 2 is 2.06 bits per heavy atom. The van der Waals surface area contributed by atoms with Crippen molar-refractivity contribution in [2.24, 2.45) is 10.9 Å². The number of rotatable bonds is 6. The maximum atomic E-state index is 13.0. The third kappa shape index (κ3) is 4.08. The average Bonchev–Trinajstić information content (AvgIpc) is 3.42. The van der Waals surface area contributed by atoms with Crippen LogP contribution in [-0.2, 0) is 17.6 Å². The highest BCUT2D eigenvalue weighted by atomic mass is 35.5. The molecule has 1 saturated carbocycles. The molecule has 0 unspecified atom stereocenters. The number of fused-ring (bicyclic) bond motifs is 1. The average molecular weight is 452 g/mol. The van der Waals surface area contributed by atoms with Crippen molar-refractivity contribution in [2.45, 2.75) is 31.9 Å². The largest absolute Gasteiger partial charge is 0.459 e. The van der Waals surface area contributed by atoms with Crippen molar-refractivity contribution in [3.8, 4) is 0 Å². The Morgan fingerprint density at radius 3 is 2.81 bits per heavy atom. The van der Waals surface area contributed by atoms with Gasteiger partial charge in [-0.1, -0.05) is 11.6 Å². The molecule has 0 bridgehead atoms. The molecular weight excluding hydrogens is 433 g/mol. The number of benzene rings is 1. The van der Waals surface area contributed by atoms with Gasteiger partial charge in [-0.3, -0.25) is 9.59 Å². The van der Waals surface area contributed by atoms with Crippen LogP contribution in [0.5, 0.6) is 0 Å². The summed E-state index contributed by atoms with van der Waals surface area (Å²) in [6.07, 6.45) is 3.66. The summed E-state index contributed by atoms with van der Waals surface area (Å²) in [7, 11) is 0. The number of carbonyl (C=O) groups is 2. The summed E-state index contributed by atoms with van der Waals surface area (Å²) in [4.78, 5) is 33.6. The highest BCUT2D eigenvalue weighted by Crippen LogP contribution is 2.33. The normalized spacial score (nSPS) is 19.1. The topological polar surface area (TPSA) is 84.6 Å². The van der Waals surface area contributed by atoms with Crippen molar-refractivity contribution in [3.63, 3.8) is 0 Å². The summed E-state index contributed by atoms with van der Waals surface area (Å²) >= 11 is 6.42. The van der Waals surface area contributed by atoms with E-state index in [0.717, 1.165) is 16.8 Å². The van der Waals surface area contributed by atoms with Crippen LogP contribution in [0.3, 0.4) is 0 Å². The van der Waals surface area contributed by atoms with E-state index in [1.165, 1.54) is 6.26 Å². The third-order valence-electron chi connectivity index (χ3n) is 5.79. The molecule has 162 valence electrons. The lowest BCUT2D eigenvalue weighted by molar-refractivity contribution is -0.126. The lowest BCUT2D eigenvalue weighted by Gasteiger charge is -2.28. The smallest absolute Gasteiger partial charge is 0.291 e. The SMILES string of the molecule is O=C(Nc1ccc(Cl)c(C2=Nc3ncc(CC(=O)C4CC(F)C4)cc3C2)c1)c1ccco1. The molecule has 2 aliphatic rings. The van der Waals surface area contributed by atoms with Crippen LogP contribution in [0.15, 0.2) is 58.3 Å². The van der Waals surface area contributed by atoms with Crippen molar-refractivity contribution >= 4 is 40.5 Å². The van der Waals surface area contributed by atoms with Crippen LogP contribution in [0.2, 0.25) is 5.02 Å². The van der Waals surface area contributed by atoms with E-state index in [-0.39, 0.29) is 29.8 Å². The van der Waals surface area contributed by atoms with E-state index in [1.807, 2.05) is 6.07 Å². The predicted molar refractivity (Wildman–Crippen MR) is 119 cm³/mol. The summed E-state index contributed by atoms with van der Waals surface area (Å²) in [5.41, 5.74) is 3.70. The zero-order valence-electron chi connectivity index (χ0n) is 17.0. The highest BCUT2D eigenvalue weighted by molar-refractivity contribution is 6.34. The maximum absolute atomic E-state index is 13.0. The number of aromatic nitrogens is 1. The van der Waals surface area contributed by atoms with Gasteiger partial charge in [0, 0.05) is 46.8 Å². The molecule has 2 aromatic heterocycles. The van der Waals surface area contributed by atoms with Gasteiger partial charge in [0.15, 0.2) is 11.6 Å². The Bertz CT molecular complexity index is 1230. The molecule has 1 amide bonds. The number of pyridine rings is 1. The second-order valence-electron chi connectivity index (χ2n) is 8.10. The first-order chi connectivity index (χ1) is 15.5. The van der Waals surface area contributed by atoms with E-state index in [4.69, 9.17) is 16.0 Å². The summed E-state index contributed by atoms with van der Waals surface area (Å²) in [5, 5.41) is 3.29. The predicted octanol–water partition coefficient (Wildman–Crippen LogP) is 5.12. The van der Waals surface area contributed by atoms with Crippen LogP contribution in [-0.4, -0.2) is 28.6 Å². The van der Waals surface area contributed by atoms with Gasteiger partial charge in [-0.25, -0.2) is 14.4 Å². The molecule has 1 fully saturated rings. The number of halogens is 2. The quantitative estimate of drug-likeness (QED) is 0.564. The molecule has 1 aliphatic heterocycles. The number of aliphatic imine (C=N–C) groups is 1. The lowest BCUT2D eigenvalue weighted by atomic mass is 9.79. The number of Topliss-reactive ketones (excluding diaryl/α,β-unsaturated/α-hetero) is 1. The first kappa shape index (κ1) is 20.6. The molecule has 0 spiro atoms. The first-order valence-corrected chi connectivity index (χ1v) is 10.7. The van der Waals surface area contributed by atoms with Gasteiger partial charge in [-0.15, -0.1) is 0 Å². The number of ketones is 1. The first-order valence-electron chi connectivity index (χ1n) is 10.3. The van der Waals surface area contributed by atoms with Crippen molar-refractivity contribution in [3.05, 3.63) is 76.3 Å². The molecule has 5 rings (SSSR count). The van der Waals surface area contributed by atoms with Gasteiger partial charge in [0.05, 0.1) is 12.0 Å². The highest BCUT2D eigenvalue weighted by Gasteiger charge is 2.34. The molecule has 1 N–H and O–H groups in total. The van der Waals surface area contributed by atoms with Crippen molar-refractivity contribution < 1.29 is 18.4 Å². The summed E-state index contributed by atoms with van der Waals surface area (Å²) in [6.45, 7) is 0. The van der Waals surface area contributed by atoms with E-state index in [2.05, 4.69) is 15.3 Å². The molecule has 8 heteroatoms. The van der Waals surface area contributed by atoms with E-state index >= 15 is 0 Å². The number of furan rings is 1. The Hall–Kier alpha value is -3.32. The zero-order valence-corrected chi connectivity index (χ0v) is 17.7. The second-order valence-corrected chi connectivity index (χ2v) is 8.50. The molecule has 3 aromatic rings. The number of amides is 1. The van der Waals surface area contributed by atoms with Gasteiger partial charge >= 0.3 is 0 Å². The lowest BCUT2D eigenvalue weighted by Crippen LogP contribution is -2.32.